The van der Waals surface area contributed by atoms with Gasteiger partial charge in [0.2, 0.25) is 0 Å². The van der Waals surface area contributed by atoms with Crippen molar-refractivity contribution in [1.29, 1.82) is 0 Å². The lowest BCUT2D eigenvalue weighted by Crippen LogP contribution is -2.63. The highest BCUT2D eigenvalue weighted by Gasteiger charge is 2.43. The van der Waals surface area contributed by atoms with Crippen LogP contribution in [0.3, 0.4) is 0 Å². The van der Waals surface area contributed by atoms with Crippen molar-refractivity contribution in [2.45, 2.75) is 50.6 Å². The lowest BCUT2D eigenvalue weighted by molar-refractivity contribution is -0.0529. The molecular weight excluding hydrogens is 572 g/mol. The van der Waals surface area contributed by atoms with Crippen molar-refractivity contribution >= 4 is 22.7 Å². The van der Waals surface area contributed by atoms with Crippen LogP contribution in [0.5, 0.6) is 5.75 Å². The van der Waals surface area contributed by atoms with Gasteiger partial charge in [-0.3, -0.25) is 4.98 Å². The fraction of sp³-hybridized carbons (Fsp3) is 0.429. The van der Waals surface area contributed by atoms with Crippen molar-refractivity contribution in [2.24, 2.45) is 5.73 Å². The molecule has 0 saturated carbocycles. The molecule has 1 aromatic carbocycles. The normalized spacial score (nSPS) is 18.7. The zero-order valence-corrected chi connectivity index (χ0v) is 23.8. The quantitative estimate of drug-likeness (QED) is 0.182. The molecule has 11 nitrogen and oxygen atoms in total. The lowest BCUT2D eigenvalue weighted by atomic mass is 9.84. The second-order valence-corrected chi connectivity index (χ2v) is 10.5. The number of aliphatic hydroxyl groups is 1. The summed E-state index contributed by atoms with van der Waals surface area (Å²) in [4.78, 5) is 19.3. The molecule has 0 bridgehead atoms. The minimum atomic E-state index is -3.02. The molecule has 0 radical (unpaired) electrons. The monoisotopic (exact) mass is 604 g/mol. The van der Waals surface area contributed by atoms with Crippen LogP contribution < -0.4 is 20.7 Å². The number of piperidine rings is 1. The van der Waals surface area contributed by atoms with Gasteiger partial charge in [-0.15, -0.1) is 0 Å². The first-order valence-corrected chi connectivity index (χ1v) is 13.5. The predicted octanol–water partition coefficient (Wildman–Crippen LogP) is 3.55. The van der Waals surface area contributed by atoms with Crippen LogP contribution in [0.1, 0.15) is 25.3 Å². The maximum atomic E-state index is 15.1. The van der Waals surface area contributed by atoms with Gasteiger partial charge in [-0.1, -0.05) is 0 Å². The van der Waals surface area contributed by atoms with E-state index in [1.807, 2.05) is 0 Å². The number of pyridine rings is 1. The third kappa shape index (κ3) is 6.05. The van der Waals surface area contributed by atoms with Crippen LogP contribution in [0, 0.1) is 11.6 Å². The summed E-state index contributed by atoms with van der Waals surface area (Å²) in [5, 5.41) is 13.3. The van der Waals surface area contributed by atoms with E-state index >= 15 is 4.39 Å². The number of benzene rings is 1. The number of aromatic nitrogens is 5. The molecule has 1 saturated heterocycles. The molecule has 3 atom stereocenters. The Morgan fingerprint density at radius 1 is 1.12 bits per heavy atom. The Hall–Kier alpha value is -4.08. The minimum absolute atomic E-state index is 0.0755. The van der Waals surface area contributed by atoms with E-state index in [2.05, 4.69) is 25.3 Å². The van der Waals surface area contributed by atoms with Crippen LogP contribution in [0.2, 0.25) is 0 Å². The van der Waals surface area contributed by atoms with Gasteiger partial charge in [-0.05, 0) is 37.5 Å². The fourth-order valence-electron chi connectivity index (χ4n) is 5.28. The number of anilines is 2. The Morgan fingerprint density at radius 3 is 2.63 bits per heavy atom. The molecule has 0 aliphatic carbocycles. The van der Waals surface area contributed by atoms with Gasteiger partial charge in [0.15, 0.2) is 28.5 Å². The summed E-state index contributed by atoms with van der Waals surface area (Å²) in [6.07, 6.45) is -0.359. The molecule has 1 unspecified atom stereocenters. The molecule has 1 aliphatic heterocycles. The Morgan fingerprint density at radius 2 is 1.91 bits per heavy atom. The molecule has 3 aromatic heterocycles. The molecule has 5 rings (SSSR count). The summed E-state index contributed by atoms with van der Waals surface area (Å²) >= 11 is 0. The van der Waals surface area contributed by atoms with Crippen molar-refractivity contribution in [3.63, 3.8) is 0 Å². The summed E-state index contributed by atoms with van der Waals surface area (Å²) in [7, 11) is 2.78. The second-order valence-electron chi connectivity index (χ2n) is 10.5. The van der Waals surface area contributed by atoms with Gasteiger partial charge in [-0.25, -0.2) is 32.5 Å². The maximum absolute atomic E-state index is 15.1. The zero-order chi connectivity index (χ0) is 30.9. The van der Waals surface area contributed by atoms with Gasteiger partial charge in [0.05, 0.1) is 43.1 Å². The van der Waals surface area contributed by atoms with E-state index in [-0.39, 0.29) is 42.7 Å². The van der Waals surface area contributed by atoms with Crippen LogP contribution in [-0.2, 0) is 11.3 Å². The number of halogens is 4. The van der Waals surface area contributed by atoms with Crippen LogP contribution in [0.4, 0.5) is 29.1 Å². The summed E-state index contributed by atoms with van der Waals surface area (Å²) in [6.45, 7) is 2.32. The van der Waals surface area contributed by atoms with Crippen molar-refractivity contribution in [3.8, 4) is 17.0 Å². The molecule has 43 heavy (non-hydrogen) atoms. The van der Waals surface area contributed by atoms with E-state index in [0.717, 1.165) is 12.1 Å². The highest BCUT2D eigenvalue weighted by molar-refractivity contribution is 5.82. The Kier molecular flexibility index (Phi) is 8.66. The number of nitrogens with one attached hydrogen (secondary N) is 1. The summed E-state index contributed by atoms with van der Waals surface area (Å²) < 4.78 is 68.5. The molecule has 0 amide bonds. The van der Waals surface area contributed by atoms with Crippen molar-refractivity contribution in [1.82, 2.24) is 24.5 Å². The lowest BCUT2D eigenvalue weighted by Gasteiger charge is -2.44. The molecule has 1 aliphatic rings. The smallest absolute Gasteiger partial charge is 0.265 e. The Bertz CT molecular complexity index is 1610. The Balaban J connectivity index is 1.59. The second kappa shape index (κ2) is 12.3. The van der Waals surface area contributed by atoms with Gasteiger partial charge >= 0.3 is 0 Å². The number of imidazole rings is 1. The molecule has 230 valence electrons. The van der Waals surface area contributed by atoms with Crippen molar-refractivity contribution in [3.05, 3.63) is 54.2 Å². The molecule has 0 spiro atoms. The maximum Gasteiger partial charge on any atom is 0.265 e. The number of hydrogen-bond donors (Lipinski definition) is 3. The number of ether oxygens (including phenoxy) is 2. The van der Waals surface area contributed by atoms with Crippen LogP contribution >= 0.6 is 0 Å². The van der Waals surface area contributed by atoms with Gasteiger partial charge in [0, 0.05) is 31.8 Å². The molecule has 1 fully saturated rings. The topological polar surface area (TPSA) is 136 Å². The van der Waals surface area contributed by atoms with E-state index in [4.69, 9.17) is 15.2 Å². The number of rotatable bonds is 10. The number of alkyl halides is 2. The molecular formula is C28H32F4N8O3. The summed E-state index contributed by atoms with van der Waals surface area (Å²) in [6, 6.07) is 3.53. The third-order valence-electron chi connectivity index (χ3n) is 7.64. The molecule has 4 N–H and O–H groups in total. The van der Waals surface area contributed by atoms with Gasteiger partial charge in [-0.2, -0.15) is 0 Å². The first-order chi connectivity index (χ1) is 20.5. The number of aliphatic hydroxyl groups excluding tert-OH is 1. The van der Waals surface area contributed by atoms with Gasteiger partial charge < -0.3 is 35.1 Å². The largest absolute Gasteiger partial charge is 0.494 e. The Labute approximate surface area is 244 Å². The predicted molar refractivity (Wildman–Crippen MR) is 151 cm³/mol. The number of nitrogens with zero attached hydrogens (tertiary/aromatic N) is 6. The highest BCUT2D eigenvalue weighted by atomic mass is 19.3. The average Bonchev–Trinajstić information content (AvgIpc) is 3.41. The van der Waals surface area contributed by atoms with E-state index in [9.17, 15) is 18.3 Å². The van der Waals surface area contributed by atoms with E-state index in [0.29, 0.717) is 41.2 Å². The number of fused-ring (bicyclic) bond motifs is 1. The standard InChI is InChI=1S/C28H32F4N8O3/c1-15(42-2)38-26-23-27(36-13-35-26)40(14-37-23)11-16-7-20(17-8-19(30)22(43-3)9-18(17)29)34-10-21(16)39-6-4-5-28(33,12-39)24(41)25(31)32/h7-10,13-15,24-25,41H,4-6,11-12,33H2,1-3H3,(H,35,36,38)/t15?,24-,28-/m1/s1. The van der Waals surface area contributed by atoms with E-state index in [1.54, 1.807) is 35.9 Å². The van der Waals surface area contributed by atoms with Gasteiger partial charge in [0.25, 0.3) is 6.43 Å². The molecule has 4 heterocycles. The third-order valence-corrected chi connectivity index (χ3v) is 7.64. The number of methoxy groups -OCH3 is 2. The zero-order valence-electron chi connectivity index (χ0n) is 23.8. The SMILES string of the molecule is COc1cc(F)c(-c2cc(Cn3cnc4c(NC(C)OC)ncnc43)c(N3CCC[C@](N)([C@H](O)C(F)F)C3)cn2)cc1F. The highest BCUT2D eigenvalue weighted by Crippen LogP contribution is 2.35. The van der Waals surface area contributed by atoms with E-state index in [1.165, 1.54) is 19.6 Å². The van der Waals surface area contributed by atoms with Gasteiger partial charge in [0.1, 0.15) is 24.5 Å². The molecule has 15 heteroatoms. The van der Waals surface area contributed by atoms with Crippen LogP contribution in [0.15, 0.2) is 37.1 Å². The first kappa shape index (κ1) is 30.4. The molecule has 4 aromatic rings. The van der Waals surface area contributed by atoms with Crippen molar-refractivity contribution in [2.75, 3.05) is 37.5 Å². The minimum Gasteiger partial charge on any atom is -0.494 e. The van der Waals surface area contributed by atoms with E-state index < -0.39 is 29.7 Å². The number of hydrogen-bond acceptors (Lipinski definition) is 10. The van der Waals surface area contributed by atoms with Crippen molar-refractivity contribution < 1.29 is 32.1 Å². The number of nitrogens with two attached hydrogens (primary N) is 1. The summed E-state index contributed by atoms with van der Waals surface area (Å²) in [5.74, 6) is -1.30. The summed E-state index contributed by atoms with van der Waals surface area (Å²) in [5.41, 5.74) is 6.83. The van der Waals surface area contributed by atoms with Crippen LogP contribution in [0.25, 0.3) is 22.4 Å². The first-order valence-electron chi connectivity index (χ1n) is 13.5. The van der Waals surface area contributed by atoms with Crippen LogP contribution in [-0.4, -0.2) is 81.2 Å². The fourth-order valence-corrected chi connectivity index (χ4v) is 5.28. The average molecular weight is 605 g/mol.